The first-order valence-corrected chi connectivity index (χ1v) is 7.79. The summed E-state index contributed by atoms with van der Waals surface area (Å²) in [7, 11) is 1.65. The quantitative estimate of drug-likeness (QED) is 0.759. The van der Waals surface area contributed by atoms with E-state index in [0.717, 1.165) is 25.7 Å². The maximum absolute atomic E-state index is 12.6. The number of imide groups is 1. The summed E-state index contributed by atoms with van der Waals surface area (Å²) in [6.45, 7) is 4.56. The summed E-state index contributed by atoms with van der Waals surface area (Å²) >= 11 is 0. The number of methoxy groups -OCH3 is 1. The van der Waals surface area contributed by atoms with Crippen molar-refractivity contribution in [2.45, 2.75) is 51.1 Å². The van der Waals surface area contributed by atoms with Gasteiger partial charge in [0, 0.05) is 26.3 Å². The van der Waals surface area contributed by atoms with Crippen LogP contribution in [0.4, 0.5) is 4.79 Å². The van der Waals surface area contributed by atoms with Crippen LogP contribution < -0.4 is 5.32 Å². The lowest BCUT2D eigenvalue weighted by Crippen LogP contribution is -2.52. The molecule has 22 heavy (non-hydrogen) atoms. The second-order valence-electron chi connectivity index (χ2n) is 6.42. The fraction of sp³-hybridized carbons (Fsp3) is 0.800. The molecule has 1 N–H and O–H groups in total. The lowest BCUT2D eigenvalue weighted by atomic mass is 9.99. The summed E-state index contributed by atoms with van der Waals surface area (Å²) in [6.07, 6.45) is 3.84. The van der Waals surface area contributed by atoms with Crippen LogP contribution in [0.2, 0.25) is 0 Å². The first-order chi connectivity index (χ1) is 10.4. The van der Waals surface area contributed by atoms with Crippen LogP contribution in [0.3, 0.4) is 0 Å². The predicted octanol–water partition coefficient (Wildman–Crippen LogP) is 0.734. The van der Waals surface area contributed by atoms with E-state index in [1.165, 1.54) is 4.90 Å². The molecule has 0 aromatic heterocycles. The largest absolute Gasteiger partial charge is 0.385 e. The molecule has 7 nitrogen and oxygen atoms in total. The Morgan fingerprint density at radius 1 is 1.36 bits per heavy atom. The van der Waals surface area contributed by atoms with Gasteiger partial charge in [0.05, 0.1) is 0 Å². The number of carbonyl (C=O) groups excluding carboxylic acids is 3. The Bertz CT molecular complexity index is 464. The predicted molar refractivity (Wildman–Crippen MR) is 80.2 cm³/mol. The summed E-state index contributed by atoms with van der Waals surface area (Å²) < 4.78 is 5.11. The molecular weight excluding hydrogens is 286 g/mol. The van der Waals surface area contributed by atoms with Crippen LogP contribution in [0.1, 0.15) is 39.5 Å². The molecule has 1 unspecified atom stereocenters. The van der Waals surface area contributed by atoms with Crippen molar-refractivity contribution in [3.63, 3.8) is 0 Å². The van der Waals surface area contributed by atoms with E-state index >= 15 is 0 Å². The van der Waals surface area contributed by atoms with E-state index in [1.807, 2.05) is 4.90 Å². The highest BCUT2D eigenvalue weighted by atomic mass is 16.5. The molecule has 1 atom stereocenters. The summed E-state index contributed by atoms with van der Waals surface area (Å²) in [4.78, 5) is 39.4. The number of hydrogen-bond donors (Lipinski definition) is 1. The Kier molecular flexibility index (Phi) is 5.05. The Morgan fingerprint density at radius 2 is 2.09 bits per heavy atom. The molecule has 0 aliphatic carbocycles. The Labute approximate surface area is 131 Å². The highest BCUT2D eigenvalue weighted by Crippen LogP contribution is 2.24. The lowest BCUT2D eigenvalue weighted by molar-refractivity contribution is -0.137. The van der Waals surface area contributed by atoms with Crippen molar-refractivity contribution in [3.05, 3.63) is 0 Å². The number of hydrogen-bond acceptors (Lipinski definition) is 4. The minimum Gasteiger partial charge on any atom is -0.385 e. The number of likely N-dealkylation sites (tertiary alicyclic amines) is 1. The average molecular weight is 311 g/mol. The number of nitrogens with zero attached hydrogens (tertiary/aromatic N) is 2. The highest BCUT2D eigenvalue weighted by molar-refractivity contribution is 6.07. The second kappa shape index (κ2) is 6.64. The number of amides is 4. The van der Waals surface area contributed by atoms with Crippen molar-refractivity contribution >= 4 is 17.8 Å². The van der Waals surface area contributed by atoms with E-state index in [1.54, 1.807) is 21.0 Å². The third-order valence-corrected chi connectivity index (χ3v) is 4.59. The molecule has 2 aliphatic rings. The van der Waals surface area contributed by atoms with E-state index in [0.29, 0.717) is 13.2 Å². The van der Waals surface area contributed by atoms with Gasteiger partial charge < -0.3 is 14.5 Å². The van der Waals surface area contributed by atoms with Gasteiger partial charge >= 0.3 is 6.03 Å². The molecule has 2 saturated heterocycles. The van der Waals surface area contributed by atoms with Crippen LogP contribution in [-0.4, -0.2) is 66.0 Å². The number of piperidine rings is 1. The normalized spacial score (nSPS) is 24.6. The van der Waals surface area contributed by atoms with Crippen LogP contribution in [-0.2, 0) is 14.3 Å². The molecule has 2 rings (SSSR count). The minimum absolute atomic E-state index is 0.0615. The monoisotopic (exact) mass is 311 g/mol. The summed E-state index contributed by atoms with van der Waals surface area (Å²) in [5, 5.41) is 2.27. The van der Waals surface area contributed by atoms with Gasteiger partial charge in [0.1, 0.15) is 12.1 Å². The molecule has 0 spiro atoms. The molecule has 2 aliphatic heterocycles. The van der Waals surface area contributed by atoms with Gasteiger partial charge in [-0.05, 0) is 39.5 Å². The molecule has 2 heterocycles. The van der Waals surface area contributed by atoms with Gasteiger partial charge in [0.25, 0.3) is 5.91 Å². The zero-order valence-corrected chi connectivity index (χ0v) is 13.6. The standard InChI is InChI=1S/C15H25N3O4/c1-15(2)13(20)16-14(21)18(15)10-12(19)17-8-5-4-6-11(17)7-9-22-3/h11H,4-10H2,1-3H3,(H,16,20,21). The molecular formula is C15H25N3O4. The van der Waals surface area contributed by atoms with Crippen LogP contribution in [0.25, 0.3) is 0 Å². The summed E-state index contributed by atoms with van der Waals surface area (Å²) in [5.41, 5.74) is -0.982. The fourth-order valence-corrected chi connectivity index (χ4v) is 3.07. The maximum atomic E-state index is 12.6. The third kappa shape index (κ3) is 3.24. The molecule has 124 valence electrons. The van der Waals surface area contributed by atoms with Crippen LogP contribution in [0.15, 0.2) is 0 Å². The molecule has 0 saturated carbocycles. The van der Waals surface area contributed by atoms with Crippen molar-refractivity contribution in [2.75, 3.05) is 26.8 Å². The van der Waals surface area contributed by atoms with Gasteiger partial charge in [0.2, 0.25) is 5.91 Å². The van der Waals surface area contributed by atoms with Crippen molar-refractivity contribution in [3.8, 4) is 0 Å². The van der Waals surface area contributed by atoms with Crippen LogP contribution in [0.5, 0.6) is 0 Å². The average Bonchev–Trinajstić information content (AvgIpc) is 2.67. The van der Waals surface area contributed by atoms with E-state index in [4.69, 9.17) is 4.74 Å². The van der Waals surface area contributed by atoms with E-state index in [2.05, 4.69) is 5.32 Å². The summed E-state index contributed by atoms with van der Waals surface area (Å²) in [5.74, 6) is -0.460. The second-order valence-corrected chi connectivity index (χ2v) is 6.42. The van der Waals surface area contributed by atoms with Gasteiger partial charge in [-0.3, -0.25) is 14.9 Å². The van der Waals surface area contributed by atoms with Crippen molar-refractivity contribution in [1.29, 1.82) is 0 Å². The van der Waals surface area contributed by atoms with Gasteiger partial charge in [0.15, 0.2) is 0 Å². The minimum atomic E-state index is -0.982. The maximum Gasteiger partial charge on any atom is 0.325 e. The molecule has 0 aromatic rings. The number of nitrogens with one attached hydrogen (secondary N) is 1. The highest BCUT2D eigenvalue weighted by Gasteiger charge is 2.46. The number of rotatable bonds is 5. The molecule has 0 bridgehead atoms. The third-order valence-electron chi connectivity index (χ3n) is 4.59. The first kappa shape index (κ1) is 16.7. The van der Waals surface area contributed by atoms with Gasteiger partial charge in [-0.1, -0.05) is 0 Å². The number of ether oxygens (including phenoxy) is 1. The lowest BCUT2D eigenvalue weighted by Gasteiger charge is -2.38. The molecule has 2 fully saturated rings. The summed E-state index contributed by atoms with van der Waals surface area (Å²) in [6, 6.07) is -0.334. The van der Waals surface area contributed by atoms with E-state index < -0.39 is 11.6 Å². The fourth-order valence-electron chi connectivity index (χ4n) is 3.07. The number of urea groups is 1. The van der Waals surface area contributed by atoms with Crippen molar-refractivity contribution < 1.29 is 19.1 Å². The van der Waals surface area contributed by atoms with Gasteiger partial charge in [-0.15, -0.1) is 0 Å². The van der Waals surface area contributed by atoms with E-state index in [9.17, 15) is 14.4 Å². The Hall–Kier alpha value is -1.63. The molecule has 0 aromatic carbocycles. The smallest absolute Gasteiger partial charge is 0.325 e. The van der Waals surface area contributed by atoms with Gasteiger partial charge in [-0.2, -0.15) is 0 Å². The molecule has 7 heteroatoms. The van der Waals surface area contributed by atoms with Crippen molar-refractivity contribution in [2.24, 2.45) is 0 Å². The Morgan fingerprint density at radius 3 is 2.68 bits per heavy atom. The Balaban J connectivity index is 2.03. The van der Waals surface area contributed by atoms with E-state index in [-0.39, 0.29) is 24.4 Å². The zero-order chi connectivity index (χ0) is 16.3. The van der Waals surface area contributed by atoms with Gasteiger partial charge in [-0.25, -0.2) is 4.79 Å². The molecule has 4 amide bonds. The van der Waals surface area contributed by atoms with Crippen LogP contribution >= 0.6 is 0 Å². The van der Waals surface area contributed by atoms with Crippen molar-refractivity contribution in [1.82, 2.24) is 15.1 Å². The number of carbonyl (C=O) groups is 3. The van der Waals surface area contributed by atoms with Crippen LogP contribution in [0, 0.1) is 0 Å². The zero-order valence-electron chi connectivity index (χ0n) is 13.6. The first-order valence-electron chi connectivity index (χ1n) is 7.79. The topological polar surface area (TPSA) is 79.0 Å². The molecule has 0 radical (unpaired) electrons. The SMILES string of the molecule is COCCC1CCCCN1C(=O)CN1C(=O)NC(=O)C1(C)C.